The lowest BCUT2D eigenvalue weighted by Crippen LogP contribution is -2.31. The molecule has 0 saturated carbocycles. The average Bonchev–Trinajstić information content (AvgIpc) is 3.45. The Hall–Kier alpha value is -5.67. The van der Waals surface area contributed by atoms with Crippen LogP contribution in [0.25, 0.3) is 72.8 Å². The van der Waals surface area contributed by atoms with Gasteiger partial charge in [0.15, 0.2) is 0 Å². The van der Waals surface area contributed by atoms with Gasteiger partial charge in [0.25, 0.3) is 0 Å². The Labute approximate surface area is 291 Å². The molecule has 1 aromatic heterocycles. The molecule has 2 bridgehead atoms. The van der Waals surface area contributed by atoms with Crippen molar-refractivity contribution in [1.29, 1.82) is 0 Å². The largest absolute Gasteiger partial charge is 0.456 e. The zero-order valence-electron chi connectivity index (χ0n) is 27.4. The van der Waals surface area contributed by atoms with Crippen molar-refractivity contribution in [1.82, 2.24) is 0 Å². The van der Waals surface area contributed by atoms with Crippen LogP contribution in [0.3, 0.4) is 0 Å². The van der Waals surface area contributed by atoms with E-state index >= 15 is 0 Å². The SMILES string of the molecule is CC/C(C)=C/c1c(C=S)c(-c2ccc3c(c2)oc2ccc4c(c23)CC2C#CC4/C=C\C=C2)c2c(c1-c1cccc3ccccc13)=C=C=CC=2. The molecule has 2 atom stereocenters. The smallest absolute Gasteiger partial charge is 0.136 e. The third-order valence-electron chi connectivity index (χ3n) is 10.3. The van der Waals surface area contributed by atoms with E-state index in [4.69, 9.17) is 16.6 Å². The minimum absolute atomic E-state index is 0.0847. The van der Waals surface area contributed by atoms with Crippen LogP contribution in [0.5, 0.6) is 0 Å². The van der Waals surface area contributed by atoms with Crippen molar-refractivity contribution in [3.8, 4) is 34.1 Å². The van der Waals surface area contributed by atoms with E-state index in [0.29, 0.717) is 0 Å². The van der Waals surface area contributed by atoms with Crippen molar-refractivity contribution in [3.63, 3.8) is 0 Å². The van der Waals surface area contributed by atoms with Gasteiger partial charge in [-0.05, 0) is 99.5 Å². The maximum atomic E-state index is 6.67. The quantitative estimate of drug-likeness (QED) is 0.105. The summed E-state index contributed by atoms with van der Waals surface area (Å²) in [4.78, 5) is 0. The number of rotatable bonds is 5. The van der Waals surface area contributed by atoms with Crippen LogP contribution in [-0.4, -0.2) is 5.37 Å². The summed E-state index contributed by atoms with van der Waals surface area (Å²) in [5, 5.41) is 8.71. The van der Waals surface area contributed by atoms with E-state index in [-0.39, 0.29) is 11.8 Å². The molecule has 49 heavy (non-hydrogen) atoms. The molecule has 0 spiro atoms. The van der Waals surface area contributed by atoms with E-state index in [0.717, 1.165) is 67.6 Å². The van der Waals surface area contributed by atoms with Gasteiger partial charge >= 0.3 is 0 Å². The van der Waals surface area contributed by atoms with Gasteiger partial charge in [-0.25, -0.2) is 0 Å². The summed E-state index contributed by atoms with van der Waals surface area (Å²) in [6.45, 7) is 4.40. The standard InChI is InChI=1S/C47H32OS/c1-3-29(2)25-40-42(28-49)45(37-16-8-9-17-38(37)46(40)36-18-10-14-31-12-6-7-15-34(31)36)33-21-22-39-44(27-33)48-43-24-23-35-32-13-5-4-11-30(19-20-32)26-41(35)47(39)43/h4-8,10-16,18,21-25,27-28,30,32H,3,26H2,1-2H3/b11-4?,13-5-,29-25+. The summed E-state index contributed by atoms with van der Waals surface area (Å²) >= 11 is 5.91. The van der Waals surface area contributed by atoms with Crippen molar-refractivity contribution < 1.29 is 4.42 Å². The van der Waals surface area contributed by atoms with E-state index in [2.05, 4.69) is 146 Å². The Bertz CT molecular complexity index is 2790. The molecule has 1 heterocycles. The van der Waals surface area contributed by atoms with Gasteiger partial charge in [0, 0.05) is 38.4 Å². The van der Waals surface area contributed by atoms with Gasteiger partial charge in [0.2, 0.25) is 0 Å². The van der Waals surface area contributed by atoms with Crippen molar-refractivity contribution in [2.75, 3.05) is 0 Å². The number of benzene rings is 5. The number of hydrogen-bond donors (Lipinski definition) is 0. The van der Waals surface area contributed by atoms with Gasteiger partial charge in [-0.3, -0.25) is 0 Å². The van der Waals surface area contributed by atoms with Crippen molar-refractivity contribution in [3.05, 3.63) is 147 Å². The molecule has 0 aliphatic heterocycles. The second-order valence-electron chi connectivity index (χ2n) is 13.1. The van der Waals surface area contributed by atoms with Crippen LogP contribution in [-0.2, 0) is 6.42 Å². The number of thiocarbonyl (C=S) groups is 1. The van der Waals surface area contributed by atoms with Crippen LogP contribution in [0.4, 0.5) is 0 Å². The zero-order chi connectivity index (χ0) is 33.1. The second-order valence-corrected chi connectivity index (χ2v) is 13.4. The summed E-state index contributed by atoms with van der Waals surface area (Å²) < 4.78 is 6.67. The Morgan fingerprint density at radius 1 is 0.898 bits per heavy atom. The van der Waals surface area contributed by atoms with Crippen molar-refractivity contribution in [2.45, 2.75) is 32.6 Å². The first kappa shape index (κ1) is 29.5. The topological polar surface area (TPSA) is 13.1 Å². The predicted octanol–water partition coefficient (Wildman–Crippen LogP) is 10.5. The number of hydrogen-bond acceptors (Lipinski definition) is 2. The summed E-state index contributed by atoms with van der Waals surface area (Å²) in [7, 11) is 0. The van der Waals surface area contributed by atoms with Gasteiger partial charge in [0.05, 0.1) is 5.92 Å². The molecule has 6 aromatic rings. The molecule has 5 aromatic carbocycles. The molecular weight excluding hydrogens is 613 g/mol. The van der Waals surface area contributed by atoms with Gasteiger partial charge in [0.1, 0.15) is 11.2 Å². The molecule has 0 fully saturated rings. The summed E-state index contributed by atoms with van der Waals surface area (Å²) in [5.74, 6) is 7.29. The maximum Gasteiger partial charge on any atom is 0.136 e. The van der Waals surface area contributed by atoms with Crippen LogP contribution in [0.2, 0.25) is 0 Å². The van der Waals surface area contributed by atoms with E-state index in [9.17, 15) is 0 Å². The number of furan rings is 1. The van der Waals surface area contributed by atoms with Gasteiger partial charge in [-0.15, -0.1) is 0 Å². The highest BCUT2D eigenvalue weighted by molar-refractivity contribution is 7.79. The van der Waals surface area contributed by atoms with E-state index in [1.807, 2.05) is 11.4 Å². The predicted molar refractivity (Wildman–Crippen MR) is 210 cm³/mol. The fourth-order valence-corrected chi connectivity index (χ4v) is 8.05. The van der Waals surface area contributed by atoms with Gasteiger partial charge in [-0.2, -0.15) is 0 Å². The van der Waals surface area contributed by atoms with Gasteiger partial charge in [-0.1, -0.05) is 133 Å². The van der Waals surface area contributed by atoms with Crippen LogP contribution in [0.1, 0.15) is 48.4 Å². The summed E-state index contributed by atoms with van der Waals surface area (Å²) in [6.07, 6.45) is 16.9. The average molecular weight is 645 g/mol. The maximum absolute atomic E-state index is 6.67. The van der Waals surface area contributed by atoms with Crippen LogP contribution >= 0.6 is 12.2 Å². The second kappa shape index (κ2) is 11.8. The summed E-state index contributed by atoms with van der Waals surface area (Å²) in [6, 6.07) is 26.1. The third kappa shape index (κ3) is 4.76. The molecule has 0 amide bonds. The lowest BCUT2D eigenvalue weighted by Gasteiger charge is -2.19. The van der Waals surface area contributed by atoms with Gasteiger partial charge < -0.3 is 4.42 Å². The first-order valence-corrected chi connectivity index (χ1v) is 17.5. The van der Waals surface area contributed by atoms with Crippen LogP contribution < -0.4 is 10.4 Å². The molecule has 9 rings (SSSR count). The highest BCUT2D eigenvalue weighted by atomic mass is 32.1. The number of fused-ring (bicyclic) bond motifs is 10. The van der Waals surface area contributed by atoms with E-state index in [1.54, 1.807) is 0 Å². The first-order valence-electron chi connectivity index (χ1n) is 17.0. The zero-order valence-corrected chi connectivity index (χ0v) is 28.2. The minimum atomic E-state index is 0.0847. The lowest BCUT2D eigenvalue weighted by atomic mass is 9.83. The fourth-order valence-electron chi connectivity index (χ4n) is 7.81. The normalized spacial score (nSPS) is 17.8. The third-order valence-corrected chi connectivity index (χ3v) is 10.5. The highest BCUT2D eigenvalue weighted by Gasteiger charge is 2.24. The lowest BCUT2D eigenvalue weighted by molar-refractivity contribution is 0.668. The highest BCUT2D eigenvalue weighted by Crippen LogP contribution is 2.41. The molecule has 2 unspecified atom stereocenters. The number of allylic oxidation sites excluding steroid dienone is 6. The molecule has 0 saturated heterocycles. The van der Waals surface area contributed by atoms with Crippen LogP contribution in [0, 0.1) is 17.8 Å². The molecule has 0 radical (unpaired) electrons. The van der Waals surface area contributed by atoms with Crippen molar-refractivity contribution >= 4 is 68.2 Å². The van der Waals surface area contributed by atoms with Crippen LogP contribution in [0.15, 0.2) is 119 Å². The molecular formula is C47H32OS. The monoisotopic (exact) mass is 644 g/mol. The fraction of sp³-hybridized carbons (Fsp3) is 0.128. The minimum Gasteiger partial charge on any atom is -0.456 e. The van der Waals surface area contributed by atoms with Crippen molar-refractivity contribution in [2.24, 2.45) is 5.92 Å². The molecule has 2 heteroatoms. The molecule has 3 aliphatic carbocycles. The first-order chi connectivity index (χ1) is 24.1. The Morgan fingerprint density at radius 3 is 2.67 bits per heavy atom. The molecule has 0 N–H and O–H groups in total. The molecule has 3 aliphatic rings. The summed E-state index contributed by atoms with van der Waals surface area (Å²) in [5.41, 5.74) is 19.1. The van der Waals surface area contributed by atoms with E-state index in [1.165, 1.54) is 38.4 Å². The molecule has 1 nitrogen and oxygen atoms in total. The Morgan fingerprint density at radius 2 is 1.78 bits per heavy atom. The molecule has 232 valence electrons. The van der Waals surface area contributed by atoms with E-state index < -0.39 is 0 Å². The Kier molecular flexibility index (Phi) is 7.09. The Balaban J connectivity index is 1.33.